The number of nitrogens with one attached hydrogen (secondary N) is 1. The number of H-pyrrole nitrogens is 1. The fourth-order valence-corrected chi connectivity index (χ4v) is 12.1. The molecule has 8 rings (SSSR count). The quantitative estimate of drug-likeness (QED) is 0.203. The van der Waals surface area contributed by atoms with E-state index in [0.29, 0.717) is 29.6 Å². The molecule has 50 heavy (non-hydrogen) atoms. The zero-order valence-electron chi connectivity index (χ0n) is 29.9. The number of hydrogen-bond donors (Lipinski definition) is 4. The van der Waals surface area contributed by atoms with Crippen molar-refractivity contribution >= 4 is 33.4 Å². The van der Waals surface area contributed by atoms with E-state index in [0.717, 1.165) is 80.6 Å². The van der Waals surface area contributed by atoms with Crippen LogP contribution in [0.15, 0.2) is 54.7 Å². The summed E-state index contributed by atoms with van der Waals surface area (Å²) >= 11 is 6.24. The van der Waals surface area contributed by atoms with Gasteiger partial charge in [-0.15, -0.1) is 0 Å². The first-order valence-electron chi connectivity index (χ1n) is 18.8. The van der Waals surface area contributed by atoms with Crippen LogP contribution in [-0.2, 0) is 13.0 Å². The van der Waals surface area contributed by atoms with Gasteiger partial charge in [0.25, 0.3) is 0 Å². The number of aromatic amines is 1. The Bertz CT molecular complexity index is 1850. The van der Waals surface area contributed by atoms with E-state index >= 15 is 0 Å². The summed E-state index contributed by atoms with van der Waals surface area (Å²) in [6.45, 7) is 7.95. The van der Waals surface area contributed by atoms with E-state index < -0.39 is 0 Å². The van der Waals surface area contributed by atoms with Crippen LogP contribution in [0.3, 0.4) is 0 Å². The highest BCUT2D eigenvalue weighted by molar-refractivity contribution is 6.30. The molecule has 0 saturated heterocycles. The number of rotatable bonds is 7. The van der Waals surface area contributed by atoms with Crippen LogP contribution < -0.4 is 26.3 Å². The van der Waals surface area contributed by atoms with E-state index in [-0.39, 0.29) is 52.0 Å². The second-order valence-corrected chi connectivity index (χ2v) is 17.3. The Labute approximate surface area is 312 Å². The predicted octanol–water partition coefficient (Wildman–Crippen LogP) is 4.85. The minimum Gasteiger partial charge on any atom is -1.00 e. The SMILES string of the molecule is COc1ccc2[nH]c3c(CC[C@H](C)[C@H]4CC[C@H]5[C@@H]6[C@H](O)C[C@@H]7C[C@H](O)CC[C@]7(C)[C@H]6C[C@H](O)[C@]45C)[n+](Cc4ccc(Cl)cc4)ccc3c2c1.[Br-]. The van der Waals surface area contributed by atoms with E-state index in [1.807, 2.05) is 18.2 Å². The molecule has 0 unspecified atom stereocenters. The molecule has 2 aromatic heterocycles. The summed E-state index contributed by atoms with van der Waals surface area (Å²) in [4.78, 5) is 3.77. The van der Waals surface area contributed by atoms with Crippen molar-refractivity contribution in [2.75, 3.05) is 7.11 Å². The van der Waals surface area contributed by atoms with Crippen molar-refractivity contribution in [2.45, 2.75) is 103 Å². The zero-order valence-corrected chi connectivity index (χ0v) is 32.3. The molecule has 4 aromatic rings. The van der Waals surface area contributed by atoms with Crippen molar-refractivity contribution in [3.8, 4) is 5.75 Å². The number of fused-ring (bicyclic) bond motifs is 8. The number of benzene rings is 2. The van der Waals surface area contributed by atoms with Gasteiger partial charge in [0.2, 0.25) is 5.69 Å². The number of aryl methyl sites for hydroxylation is 1. The van der Waals surface area contributed by atoms with Gasteiger partial charge in [-0.05, 0) is 128 Å². The summed E-state index contributed by atoms with van der Waals surface area (Å²) in [5.74, 6) is 2.90. The number of methoxy groups -OCH3 is 1. The van der Waals surface area contributed by atoms with Gasteiger partial charge in [-0.2, -0.15) is 4.57 Å². The molecule has 11 atom stereocenters. The maximum Gasteiger partial charge on any atom is 0.205 e. The summed E-state index contributed by atoms with van der Waals surface area (Å²) in [6, 6.07) is 16.6. The average molecular weight is 766 g/mol. The van der Waals surface area contributed by atoms with E-state index in [1.165, 1.54) is 27.5 Å². The maximum absolute atomic E-state index is 12.2. The van der Waals surface area contributed by atoms with Gasteiger partial charge in [0.1, 0.15) is 11.3 Å². The summed E-state index contributed by atoms with van der Waals surface area (Å²) in [5, 5.41) is 37.5. The number of ether oxygens (including phenoxy) is 1. The highest BCUT2D eigenvalue weighted by Gasteiger charge is 2.65. The third-order valence-corrected chi connectivity index (χ3v) is 15.0. The first kappa shape index (κ1) is 36.2. The molecule has 0 radical (unpaired) electrons. The van der Waals surface area contributed by atoms with Crippen LogP contribution in [0.25, 0.3) is 21.8 Å². The summed E-state index contributed by atoms with van der Waals surface area (Å²) < 4.78 is 7.97. The highest BCUT2D eigenvalue weighted by Crippen LogP contribution is 2.68. The molecule has 4 aliphatic rings. The van der Waals surface area contributed by atoms with Crippen molar-refractivity contribution in [2.24, 2.45) is 46.3 Å². The maximum atomic E-state index is 12.2. The van der Waals surface area contributed by atoms with Gasteiger partial charge in [-0.1, -0.05) is 44.5 Å². The number of nitrogens with zero attached hydrogens (tertiary/aromatic N) is 1. The van der Waals surface area contributed by atoms with Crippen molar-refractivity contribution < 1.29 is 41.6 Å². The van der Waals surface area contributed by atoms with Crippen LogP contribution in [0.5, 0.6) is 5.75 Å². The first-order valence-corrected chi connectivity index (χ1v) is 19.2. The Morgan fingerprint density at radius 1 is 0.960 bits per heavy atom. The van der Waals surface area contributed by atoms with Crippen molar-refractivity contribution in [3.05, 3.63) is 71.0 Å². The molecular weight excluding hydrogens is 712 g/mol. The highest BCUT2D eigenvalue weighted by atomic mass is 79.9. The monoisotopic (exact) mass is 764 g/mol. The van der Waals surface area contributed by atoms with Gasteiger partial charge in [0.05, 0.1) is 25.4 Å². The molecule has 2 heterocycles. The van der Waals surface area contributed by atoms with Crippen molar-refractivity contribution in [3.63, 3.8) is 0 Å². The normalized spacial score (nSPS) is 35.6. The van der Waals surface area contributed by atoms with Crippen LogP contribution in [0.4, 0.5) is 0 Å². The Kier molecular flexibility index (Phi) is 9.90. The lowest BCUT2D eigenvalue weighted by atomic mass is 9.43. The van der Waals surface area contributed by atoms with E-state index in [4.69, 9.17) is 16.3 Å². The lowest BCUT2D eigenvalue weighted by Gasteiger charge is -2.63. The number of aliphatic hydroxyl groups is 3. The topological polar surface area (TPSA) is 89.6 Å². The minimum absolute atomic E-state index is 0. The second kappa shape index (κ2) is 13.7. The standard InChI is InChI=1S/C42H53ClN2O4.BrH/c1-24(32-11-12-33-39-34(22-38(48)42(32,33)3)41(2)17-15-28(46)19-26(41)20-37(39)47)5-14-36-40-30(31-21-29(49-4)10-13-35(31)44-40)16-18-45(36)23-25-6-8-27(43)9-7-25;/h6-10,13,16,18,21,24,26,28,32-34,37-39,46-48H,5,11-12,14-15,17,19-20,22-23H2,1-4H3;1H/t24-,26-,28+,32+,33-,34-,37+,38-,39-,41-,42+;/m0./s1. The van der Waals surface area contributed by atoms with Crippen molar-refractivity contribution in [1.82, 2.24) is 4.98 Å². The largest absolute Gasteiger partial charge is 1.00 e. The smallest absolute Gasteiger partial charge is 0.205 e. The van der Waals surface area contributed by atoms with Gasteiger partial charge in [-0.25, -0.2) is 0 Å². The van der Waals surface area contributed by atoms with Crippen LogP contribution in [0.2, 0.25) is 5.02 Å². The number of pyridine rings is 1. The Balaban J connectivity index is 0.00000392. The average Bonchev–Trinajstić information content (AvgIpc) is 3.64. The van der Waals surface area contributed by atoms with Gasteiger partial charge in [0.15, 0.2) is 12.7 Å². The van der Waals surface area contributed by atoms with E-state index in [9.17, 15) is 15.3 Å². The molecule has 4 N–H and O–H groups in total. The lowest BCUT2D eigenvalue weighted by molar-refractivity contribution is -0.694. The van der Waals surface area contributed by atoms with E-state index in [2.05, 4.69) is 66.9 Å². The molecule has 8 heteroatoms. The third-order valence-electron chi connectivity index (χ3n) is 14.7. The molecule has 4 aliphatic carbocycles. The van der Waals surface area contributed by atoms with Crippen LogP contribution in [0.1, 0.15) is 83.4 Å². The Hall–Kier alpha value is -2.16. The predicted molar refractivity (Wildman–Crippen MR) is 195 cm³/mol. The van der Waals surface area contributed by atoms with Gasteiger partial charge >= 0.3 is 0 Å². The van der Waals surface area contributed by atoms with Crippen LogP contribution >= 0.6 is 11.6 Å². The molecule has 4 fully saturated rings. The first-order chi connectivity index (χ1) is 23.5. The van der Waals surface area contributed by atoms with Gasteiger partial charge in [-0.3, -0.25) is 0 Å². The molecule has 0 spiro atoms. The Morgan fingerprint density at radius 3 is 2.50 bits per heavy atom. The molecule has 0 aliphatic heterocycles. The molecule has 6 nitrogen and oxygen atoms in total. The fourth-order valence-electron chi connectivity index (χ4n) is 12.0. The molecular formula is C42H54BrClN2O4. The molecule has 270 valence electrons. The molecule has 0 bridgehead atoms. The minimum atomic E-state index is -0.370. The Morgan fingerprint density at radius 2 is 1.74 bits per heavy atom. The molecule has 0 amide bonds. The van der Waals surface area contributed by atoms with Crippen LogP contribution in [-0.4, -0.2) is 45.7 Å². The number of aliphatic hydroxyl groups excluding tert-OH is 3. The van der Waals surface area contributed by atoms with Gasteiger partial charge < -0.3 is 42.0 Å². The van der Waals surface area contributed by atoms with Gasteiger partial charge in [0, 0.05) is 39.4 Å². The van der Waals surface area contributed by atoms with Crippen molar-refractivity contribution in [1.29, 1.82) is 0 Å². The molecule has 2 aromatic carbocycles. The lowest BCUT2D eigenvalue weighted by Crippen LogP contribution is -3.00. The third kappa shape index (κ3) is 5.82. The fraction of sp³-hybridized carbons (Fsp3) is 0.595. The molecule has 4 saturated carbocycles. The van der Waals surface area contributed by atoms with Crippen LogP contribution in [0, 0.1) is 46.3 Å². The number of aromatic nitrogens is 2. The second-order valence-electron chi connectivity index (χ2n) is 16.9. The summed E-state index contributed by atoms with van der Waals surface area (Å²) in [5.41, 5.74) is 4.67. The zero-order chi connectivity index (χ0) is 34.2. The number of halogens is 2. The summed E-state index contributed by atoms with van der Waals surface area (Å²) in [7, 11) is 1.72. The summed E-state index contributed by atoms with van der Waals surface area (Å²) in [6.07, 6.45) is 9.61. The van der Waals surface area contributed by atoms with E-state index in [1.54, 1.807) is 7.11 Å². The number of hydrogen-bond acceptors (Lipinski definition) is 4.